The highest BCUT2D eigenvalue weighted by molar-refractivity contribution is 7.17. The third kappa shape index (κ3) is 29.2. The van der Waals surface area contributed by atoms with Crippen LogP contribution in [0.25, 0.3) is 21.0 Å². The number of hydrogen-bond acceptors (Lipinski definition) is 8. The van der Waals surface area contributed by atoms with Gasteiger partial charge in [0, 0.05) is 70.2 Å². The smallest absolute Gasteiger partial charge is 0.133 e. The number of aromatic nitrogens is 7. The van der Waals surface area contributed by atoms with Crippen LogP contribution in [-0.2, 0) is 75.8 Å². The second-order valence-electron chi connectivity index (χ2n) is 43.4. The molecular weight excluding hydrogens is 1300 g/mol. The van der Waals surface area contributed by atoms with Crippen molar-refractivity contribution in [3.8, 4) is 0 Å². The molecular formula is C97H149N7S. The summed E-state index contributed by atoms with van der Waals surface area (Å²) in [5.74, 6) is 1.82. The highest BCUT2D eigenvalue weighted by Crippen LogP contribution is 2.40. The number of hydrogen-bond donors (Lipinski definition) is 0. The van der Waals surface area contributed by atoms with E-state index in [0.717, 1.165) is 23.0 Å². The van der Waals surface area contributed by atoms with E-state index in [1.807, 2.05) is 42.7 Å². The second-order valence-corrected chi connectivity index (χ2v) is 44.3. The average Bonchev–Trinajstić information content (AvgIpc) is 1.71. The molecule has 8 heteroatoms. The van der Waals surface area contributed by atoms with Crippen LogP contribution < -0.4 is 0 Å². The molecule has 0 aliphatic rings. The van der Waals surface area contributed by atoms with E-state index in [2.05, 4.69) is 423 Å². The third-order valence-electron chi connectivity index (χ3n) is 18.4. The number of nitrogens with zero attached hydrogens (tertiary/aromatic N) is 7. The molecule has 4 aromatic carbocycles. The van der Waals surface area contributed by atoms with E-state index in [-0.39, 0.29) is 75.8 Å². The minimum atomic E-state index is 0.0381. The van der Waals surface area contributed by atoms with Gasteiger partial charge in [0.15, 0.2) is 0 Å². The quantitative estimate of drug-likeness (QED) is 0.149. The van der Waals surface area contributed by atoms with Gasteiger partial charge in [0.1, 0.15) is 11.6 Å². The molecule has 0 spiro atoms. The van der Waals surface area contributed by atoms with Crippen molar-refractivity contribution in [2.24, 2.45) is 0 Å². The van der Waals surface area contributed by atoms with Crippen molar-refractivity contribution in [1.29, 1.82) is 0 Å². The molecule has 7 nitrogen and oxygen atoms in total. The number of benzene rings is 4. The Morgan fingerprint density at radius 3 is 0.676 bits per heavy atom. The van der Waals surface area contributed by atoms with Crippen LogP contribution >= 0.6 is 11.3 Å². The molecule has 0 saturated carbocycles. The molecule has 0 saturated heterocycles. The molecule has 0 fully saturated rings. The fourth-order valence-electron chi connectivity index (χ4n) is 11.0. The van der Waals surface area contributed by atoms with Gasteiger partial charge in [-0.05, 0) is 133 Å². The van der Waals surface area contributed by atoms with Gasteiger partial charge in [0.25, 0.3) is 0 Å². The molecule has 5 heterocycles. The van der Waals surface area contributed by atoms with Crippen molar-refractivity contribution in [3.63, 3.8) is 0 Å². The number of fused-ring (bicyclic) bond motifs is 2. The van der Waals surface area contributed by atoms with Crippen LogP contribution in [0.1, 0.15) is 369 Å². The Morgan fingerprint density at radius 2 is 0.448 bits per heavy atom. The molecule has 0 atom stereocenters. The minimum Gasteiger partial charge on any atom is -0.260 e. The van der Waals surface area contributed by atoms with Crippen molar-refractivity contribution in [3.05, 3.63) is 218 Å². The summed E-state index contributed by atoms with van der Waals surface area (Å²) in [5, 5.41) is 2.80. The van der Waals surface area contributed by atoms with E-state index in [1.54, 1.807) is 11.3 Å². The Hall–Kier alpha value is -6.51. The highest BCUT2D eigenvalue weighted by atomic mass is 32.1. The Kier molecular flexibility index (Phi) is 30.3. The molecule has 0 bridgehead atoms. The monoisotopic (exact) mass is 1440 g/mol. The summed E-state index contributed by atoms with van der Waals surface area (Å²) in [5.41, 5.74) is 21.2. The van der Waals surface area contributed by atoms with Crippen LogP contribution in [0, 0.1) is 0 Å². The van der Waals surface area contributed by atoms with Crippen molar-refractivity contribution in [1.82, 2.24) is 34.9 Å². The van der Waals surface area contributed by atoms with Crippen molar-refractivity contribution >= 4 is 32.3 Å². The van der Waals surface area contributed by atoms with Crippen LogP contribution in [0.5, 0.6) is 0 Å². The van der Waals surface area contributed by atoms with Crippen LogP contribution in [0.15, 0.2) is 140 Å². The predicted octanol–water partition coefficient (Wildman–Crippen LogP) is 28.1. The first kappa shape index (κ1) is 92.7. The topological polar surface area (TPSA) is 90.2 Å². The maximum absolute atomic E-state index is 4.58. The number of pyridine rings is 2. The molecule has 0 unspecified atom stereocenters. The van der Waals surface area contributed by atoms with E-state index in [4.69, 9.17) is 0 Å². The third-order valence-corrected chi connectivity index (χ3v) is 19.3. The maximum atomic E-state index is 4.58. The van der Waals surface area contributed by atoms with Gasteiger partial charge in [-0.15, -0.1) is 11.3 Å². The zero-order chi connectivity index (χ0) is 81.3. The summed E-state index contributed by atoms with van der Waals surface area (Å²) in [6, 6.07) is 35.6. The van der Waals surface area contributed by atoms with Gasteiger partial charge in [-0.1, -0.05) is 376 Å². The van der Waals surface area contributed by atoms with E-state index in [9.17, 15) is 0 Å². The van der Waals surface area contributed by atoms with Gasteiger partial charge in [-0.2, -0.15) is 0 Å². The maximum Gasteiger partial charge on any atom is 0.133 e. The molecule has 5 aromatic heterocycles. The van der Waals surface area contributed by atoms with Gasteiger partial charge >= 0.3 is 0 Å². The largest absolute Gasteiger partial charge is 0.260 e. The van der Waals surface area contributed by atoms with Gasteiger partial charge in [-0.25, -0.2) is 24.9 Å². The van der Waals surface area contributed by atoms with Crippen molar-refractivity contribution in [2.45, 2.75) is 367 Å². The Labute approximate surface area is 648 Å². The van der Waals surface area contributed by atoms with Crippen LogP contribution in [0.4, 0.5) is 0 Å². The van der Waals surface area contributed by atoms with Crippen LogP contribution in [0.3, 0.4) is 0 Å². The standard InChI is InChI=1S/C18H24.C15H21NS.C14H22.2C13H21N.2C12H20N2/c1-17(2,3)15-11-12-16(18(4,5)6)14-10-8-7-9-13(14)15;1-14(2,3)10-7-8-11(15(4,5)6)13-12(10)16-9-17-13;1-13(2,3)11-7-9-12(10-8-11)14(4,5)6;2*1-12(2,3)10-7-8-11(14-9-10)13(4,5)6;2*1-11(2,3)9-7-13-10(14-8-9)12(4,5)6/h7-12H,1-6H3;7-9H,1-6H3;7-10H,1-6H3;2*7-9H,1-6H3;2*7-8H,1-6H3. The molecule has 0 aliphatic heterocycles. The Bertz CT molecular complexity index is 3450. The normalized spacial score (nSPS) is 13.0. The summed E-state index contributed by atoms with van der Waals surface area (Å²) in [4.78, 5) is 31.2. The second kappa shape index (κ2) is 34.4. The van der Waals surface area contributed by atoms with Gasteiger partial charge in [0.05, 0.1) is 15.7 Å². The summed E-state index contributed by atoms with van der Waals surface area (Å²) in [6.45, 7) is 92.9. The minimum absolute atomic E-state index is 0.0381. The fourth-order valence-corrected chi connectivity index (χ4v) is 12.0. The Balaban J connectivity index is 0.000000319. The first-order chi connectivity index (χ1) is 47.0. The Morgan fingerprint density at radius 1 is 0.200 bits per heavy atom. The summed E-state index contributed by atoms with van der Waals surface area (Å²) >= 11 is 1.76. The van der Waals surface area contributed by atoms with Gasteiger partial charge in [0.2, 0.25) is 0 Å². The number of thiazole rings is 1. The fraction of sp³-hybridized carbons (Fsp3) is 0.577. The van der Waals surface area contributed by atoms with Crippen molar-refractivity contribution < 1.29 is 0 Å². The van der Waals surface area contributed by atoms with E-state index in [0.29, 0.717) is 0 Å². The molecule has 0 aliphatic carbocycles. The zero-order valence-corrected chi connectivity index (χ0v) is 75.6. The summed E-state index contributed by atoms with van der Waals surface area (Å²) in [7, 11) is 0. The number of rotatable bonds is 0. The summed E-state index contributed by atoms with van der Waals surface area (Å²) < 4.78 is 1.35. The molecule has 105 heavy (non-hydrogen) atoms. The molecule has 9 aromatic rings. The molecule has 0 N–H and O–H groups in total. The lowest BCUT2D eigenvalue weighted by Gasteiger charge is -2.26. The average molecular weight is 1450 g/mol. The lowest BCUT2D eigenvalue weighted by Crippen LogP contribution is -2.18. The van der Waals surface area contributed by atoms with Gasteiger partial charge < -0.3 is 0 Å². The molecule has 0 radical (unpaired) electrons. The SMILES string of the molecule is CC(C)(C)c1ccc(C(C)(C)C)c2ccccc12.CC(C)(C)c1ccc(C(C)(C)C)c2scnc12.CC(C)(C)c1ccc(C(C)(C)C)cc1.CC(C)(C)c1ccc(C(C)(C)C)nc1.CC(C)(C)c1ccc(C(C)(C)C)nc1.CC(C)(C)c1cnc(C(C)(C)C)nc1.CC(C)(C)c1cnc(C(C)(C)C)nc1. The molecule has 578 valence electrons. The lowest BCUT2D eigenvalue weighted by molar-refractivity contribution is 0.532. The van der Waals surface area contributed by atoms with Crippen LogP contribution in [-0.4, -0.2) is 34.9 Å². The van der Waals surface area contributed by atoms with E-state index in [1.165, 1.54) is 76.6 Å². The zero-order valence-electron chi connectivity index (χ0n) is 74.8. The van der Waals surface area contributed by atoms with Gasteiger partial charge in [-0.3, -0.25) is 9.97 Å². The van der Waals surface area contributed by atoms with E-state index < -0.39 is 0 Å². The first-order valence-corrected chi connectivity index (χ1v) is 39.5. The van der Waals surface area contributed by atoms with E-state index >= 15 is 0 Å². The first-order valence-electron chi connectivity index (χ1n) is 38.6. The summed E-state index contributed by atoms with van der Waals surface area (Å²) in [6.07, 6.45) is 11.8. The predicted molar refractivity (Wildman–Crippen MR) is 464 cm³/mol. The highest BCUT2D eigenvalue weighted by Gasteiger charge is 2.28. The van der Waals surface area contributed by atoms with Crippen molar-refractivity contribution in [2.75, 3.05) is 0 Å². The molecule has 9 rings (SSSR count). The lowest BCUT2D eigenvalue weighted by atomic mass is 9.78. The van der Waals surface area contributed by atoms with Crippen LogP contribution in [0.2, 0.25) is 0 Å². The molecule has 0 amide bonds.